The molecule has 0 unspecified atom stereocenters. The van der Waals surface area contributed by atoms with Crippen LogP contribution in [0.1, 0.15) is 0 Å². The minimum atomic E-state index is -0.0926. The zero-order valence-electron chi connectivity index (χ0n) is 14.7. The summed E-state index contributed by atoms with van der Waals surface area (Å²) in [5, 5.41) is 3.08. The van der Waals surface area contributed by atoms with E-state index in [1.54, 1.807) is 40.6 Å². The first kappa shape index (κ1) is 17.8. The smallest absolute Gasteiger partial charge is 0.293 e. The first-order valence-corrected chi connectivity index (χ1v) is 7.86. The summed E-state index contributed by atoms with van der Waals surface area (Å²) in [4.78, 5) is 37.9. The lowest BCUT2D eigenvalue weighted by Crippen LogP contribution is -2.54. The molecule has 0 atom stereocenters. The summed E-state index contributed by atoms with van der Waals surface area (Å²) in [6, 6.07) is 0. The number of anilines is 1. The molecule has 0 saturated carbocycles. The molecule has 0 aliphatic carbocycles. The first-order chi connectivity index (χ1) is 11.4. The van der Waals surface area contributed by atoms with Crippen LogP contribution in [0.2, 0.25) is 0 Å². The number of nitrogens with zero attached hydrogens (tertiary/aromatic N) is 6. The van der Waals surface area contributed by atoms with Crippen LogP contribution in [0, 0.1) is 0 Å². The Morgan fingerprint density at radius 1 is 1.33 bits per heavy atom. The summed E-state index contributed by atoms with van der Waals surface area (Å²) < 4.78 is 1.53. The van der Waals surface area contributed by atoms with Crippen molar-refractivity contribution in [3.05, 3.63) is 22.7 Å². The number of carbonyl (C=O) groups excluding carboxylic acids is 1. The zero-order valence-corrected chi connectivity index (χ0v) is 14.7. The summed E-state index contributed by atoms with van der Waals surface area (Å²) in [5.74, 6) is 1.16. The monoisotopic (exact) mass is 335 g/mol. The van der Waals surface area contributed by atoms with Gasteiger partial charge in [0.15, 0.2) is 11.8 Å². The van der Waals surface area contributed by atoms with E-state index in [0.29, 0.717) is 38.0 Å². The van der Waals surface area contributed by atoms with Crippen molar-refractivity contribution in [3.8, 4) is 0 Å². The molecule has 0 spiro atoms. The molecule has 1 N–H and O–H groups in total. The van der Waals surface area contributed by atoms with Gasteiger partial charge in [0.2, 0.25) is 5.91 Å². The fourth-order valence-corrected chi connectivity index (χ4v) is 2.48. The third kappa shape index (κ3) is 4.03. The summed E-state index contributed by atoms with van der Waals surface area (Å²) in [6.07, 6.45) is 3.28. The Balaban J connectivity index is 1.95. The maximum atomic E-state index is 12.1. The van der Waals surface area contributed by atoms with Crippen molar-refractivity contribution in [1.82, 2.24) is 24.7 Å². The SMILES string of the molecule is CN=C(NCC(=O)N(C)C)N1CCN(c2nccn(C)c2=O)CC1. The molecule has 24 heavy (non-hydrogen) atoms. The van der Waals surface area contributed by atoms with Crippen LogP contribution < -0.4 is 15.8 Å². The topological polar surface area (TPSA) is 86.1 Å². The first-order valence-electron chi connectivity index (χ1n) is 7.86. The number of likely N-dealkylation sites (N-methyl/N-ethyl adjacent to an activating group) is 1. The molecule has 2 rings (SSSR count). The Hall–Kier alpha value is -2.58. The van der Waals surface area contributed by atoms with Gasteiger partial charge in [0.25, 0.3) is 5.56 Å². The van der Waals surface area contributed by atoms with E-state index < -0.39 is 0 Å². The van der Waals surface area contributed by atoms with E-state index in [9.17, 15) is 9.59 Å². The number of hydrogen-bond acceptors (Lipinski definition) is 5. The Bertz CT molecular complexity index is 660. The van der Waals surface area contributed by atoms with E-state index in [1.165, 1.54) is 9.47 Å². The van der Waals surface area contributed by atoms with Crippen LogP contribution in [0.3, 0.4) is 0 Å². The van der Waals surface area contributed by atoms with Crippen molar-refractivity contribution >= 4 is 17.7 Å². The van der Waals surface area contributed by atoms with Gasteiger partial charge in [-0.15, -0.1) is 0 Å². The van der Waals surface area contributed by atoms with Crippen molar-refractivity contribution in [3.63, 3.8) is 0 Å². The van der Waals surface area contributed by atoms with Crippen LogP contribution in [-0.2, 0) is 11.8 Å². The Kier molecular flexibility index (Phi) is 5.78. The lowest BCUT2D eigenvalue weighted by Gasteiger charge is -2.36. The van der Waals surface area contributed by atoms with Crippen LogP contribution in [0.25, 0.3) is 0 Å². The third-order valence-corrected chi connectivity index (χ3v) is 3.99. The van der Waals surface area contributed by atoms with Gasteiger partial charge >= 0.3 is 0 Å². The molecule has 1 fully saturated rings. The van der Waals surface area contributed by atoms with Crippen molar-refractivity contribution in [2.24, 2.45) is 12.0 Å². The second-order valence-corrected chi connectivity index (χ2v) is 5.83. The minimum absolute atomic E-state index is 0.00762. The summed E-state index contributed by atoms with van der Waals surface area (Å²) in [6.45, 7) is 2.97. The van der Waals surface area contributed by atoms with Gasteiger partial charge < -0.3 is 24.6 Å². The average Bonchev–Trinajstić information content (AvgIpc) is 2.58. The minimum Gasteiger partial charge on any atom is -0.348 e. The van der Waals surface area contributed by atoms with E-state index in [-0.39, 0.29) is 18.0 Å². The molecule has 1 aliphatic rings. The number of hydrogen-bond donors (Lipinski definition) is 1. The van der Waals surface area contributed by atoms with E-state index in [1.807, 2.05) is 4.90 Å². The van der Waals surface area contributed by atoms with Crippen molar-refractivity contribution < 1.29 is 4.79 Å². The van der Waals surface area contributed by atoms with E-state index >= 15 is 0 Å². The summed E-state index contributed by atoms with van der Waals surface area (Å²) in [5.41, 5.74) is -0.0926. The third-order valence-electron chi connectivity index (χ3n) is 3.99. The molecule has 9 nitrogen and oxygen atoms in total. The second-order valence-electron chi connectivity index (χ2n) is 5.83. The van der Waals surface area contributed by atoms with Gasteiger partial charge in [0.1, 0.15) is 0 Å². The molecule has 132 valence electrons. The van der Waals surface area contributed by atoms with Gasteiger partial charge in [-0.2, -0.15) is 0 Å². The number of rotatable bonds is 3. The van der Waals surface area contributed by atoms with Gasteiger partial charge in [-0.1, -0.05) is 0 Å². The summed E-state index contributed by atoms with van der Waals surface area (Å²) >= 11 is 0. The lowest BCUT2D eigenvalue weighted by molar-refractivity contribution is -0.127. The average molecular weight is 335 g/mol. The quantitative estimate of drug-likeness (QED) is 0.538. The molecule has 1 amide bonds. The Labute approximate surface area is 141 Å². The van der Waals surface area contributed by atoms with Gasteiger partial charge in [0.05, 0.1) is 6.54 Å². The molecule has 1 aromatic heterocycles. The molecule has 9 heteroatoms. The highest BCUT2D eigenvalue weighted by Gasteiger charge is 2.22. The van der Waals surface area contributed by atoms with E-state index in [0.717, 1.165) is 0 Å². The lowest BCUT2D eigenvalue weighted by atomic mass is 10.3. The normalized spacial score (nSPS) is 15.4. The van der Waals surface area contributed by atoms with Crippen molar-refractivity contribution in [2.75, 3.05) is 58.8 Å². The highest BCUT2D eigenvalue weighted by Crippen LogP contribution is 2.08. The molecule has 0 bridgehead atoms. The molecule has 2 heterocycles. The van der Waals surface area contributed by atoms with Gasteiger partial charge in [-0.25, -0.2) is 4.98 Å². The predicted molar refractivity (Wildman–Crippen MR) is 93.3 cm³/mol. The molecular formula is C15H25N7O2. The van der Waals surface area contributed by atoms with Crippen molar-refractivity contribution in [2.45, 2.75) is 0 Å². The molecule has 1 aromatic rings. The molecule has 1 aliphatic heterocycles. The number of guanidine groups is 1. The van der Waals surface area contributed by atoms with Gasteiger partial charge in [-0.05, 0) is 0 Å². The highest BCUT2D eigenvalue weighted by atomic mass is 16.2. The molecule has 0 aromatic carbocycles. The Morgan fingerprint density at radius 2 is 2.00 bits per heavy atom. The number of aryl methyl sites for hydroxylation is 1. The standard InChI is InChI=1S/C15H25N7O2/c1-16-15(18-11-12(23)19(2)3)22-9-7-21(8-10-22)13-14(24)20(4)6-5-17-13/h5-6H,7-11H2,1-4H3,(H,16,18). The number of aromatic nitrogens is 2. The van der Waals surface area contributed by atoms with E-state index in [2.05, 4.69) is 20.2 Å². The number of piperazine rings is 1. The maximum Gasteiger partial charge on any atom is 0.293 e. The molecular weight excluding hydrogens is 310 g/mol. The van der Waals surface area contributed by atoms with Crippen LogP contribution in [-0.4, -0.2) is 85.1 Å². The fraction of sp³-hybridized carbons (Fsp3) is 0.600. The molecule has 0 radical (unpaired) electrons. The second kappa shape index (κ2) is 7.80. The molecule has 1 saturated heterocycles. The van der Waals surface area contributed by atoms with Crippen LogP contribution in [0.4, 0.5) is 5.82 Å². The fourth-order valence-electron chi connectivity index (χ4n) is 2.48. The predicted octanol–water partition coefficient (Wildman–Crippen LogP) is -1.43. The largest absolute Gasteiger partial charge is 0.348 e. The van der Waals surface area contributed by atoms with Crippen LogP contribution >= 0.6 is 0 Å². The number of nitrogens with one attached hydrogen (secondary N) is 1. The summed E-state index contributed by atoms with van der Waals surface area (Å²) in [7, 11) is 6.86. The number of aliphatic imine (C=N–C) groups is 1. The number of carbonyl (C=O) groups is 1. The van der Waals surface area contributed by atoms with Gasteiger partial charge in [-0.3, -0.25) is 14.6 Å². The van der Waals surface area contributed by atoms with Crippen LogP contribution in [0.5, 0.6) is 0 Å². The maximum absolute atomic E-state index is 12.1. The van der Waals surface area contributed by atoms with Gasteiger partial charge in [0, 0.05) is 66.8 Å². The highest BCUT2D eigenvalue weighted by molar-refractivity contribution is 5.86. The van der Waals surface area contributed by atoms with Crippen LogP contribution in [0.15, 0.2) is 22.2 Å². The van der Waals surface area contributed by atoms with Crippen molar-refractivity contribution in [1.29, 1.82) is 0 Å². The number of amides is 1. The Morgan fingerprint density at radius 3 is 2.58 bits per heavy atom. The zero-order chi connectivity index (χ0) is 17.7. The van der Waals surface area contributed by atoms with E-state index in [4.69, 9.17) is 0 Å².